The lowest BCUT2D eigenvalue weighted by Gasteiger charge is -2.42. The standard InChI is InChI=1S/C79H125N13O35/c1-52-60(72(105)124-71(52)104)12-11-59(96)9-7-5-6-8-10-61(97)83-76(43-118-40-56-37-90(87-84-56)13-16-106-19-22-109-25-28-112-31-34-115-46-77-49-121-73(125-77)62(80-53(2)93)65(98)68(77)101,44-119-41-57-38-91(88-85-57)14-17-107-20-23-110-26-29-113-32-35-116-47-78-50-122-74(126-78)63(81-54(3)94)66(99)69(78)102)45-120-42-58-39-92(89-86-58)15-18-108-21-24-111-27-30-114-33-36-117-48-79-51-123-75(127-79)64(82-55(4)95)67(100)70(79)103/h37-39,62-70,73-75,98-103H,5-36,40-51H2,1-4H3,(H,80,93)(H,81,94)(H,82,95)(H,83,97)/t62-,63-,64-,65-,66-,67-,68-,69-,70-,73+,74+,75+,77+,78+,79+/m1/s1. The van der Waals surface area contributed by atoms with Gasteiger partial charge in [0.25, 0.3) is 0 Å². The molecule has 48 nitrogen and oxygen atoms in total. The summed E-state index contributed by atoms with van der Waals surface area (Å²) < 4.78 is 131. The fourth-order valence-corrected chi connectivity index (χ4v) is 14.7. The predicted molar refractivity (Wildman–Crippen MR) is 425 cm³/mol. The molecule has 10 rings (SSSR count). The van der Waals surface area contributed by atoms with Crippen LogP contribution in [-0.2, 0) is 177 Å². The van der Waals surface area contributed by atoms with Gasteiger partial charge >= 0.3 is 11.9 Å². The molecule has 0 aliphatic carbocycles. The van der Waals surface area contributed by atoms with Crippen LogP contribution in [0.5, 0.6) is 0 Å². The van der Waals surface area contributed by atoms with Crippen molar-refractivity contribution in [2.45, 2.75) is 214 Å². The maximum absolute atomic E-state index is 14.2. The molecule has 10 N–H and O–H groups in total. The van der Waals surface area contributed by atoms with Crippen LogP contribution in [-0.4, -0.2) is 411 Å². The van der Waals surface area contributed by atoms with Gasteiger partial charge in [0.1, 0.15) is 100.0 Å². The molecule has 6 bridgehead atoms. The summed E-state index contributed by atoms with van der Waals surface area (Å²) in [4.78, 5) is 85.7. The van der Waals surface area contributed by atoms with Crippen LogP contribution in [0.3, 0.4) is 0 Å². The van der Waals surface area contributed by atoms with Gasteiger partial charge in [-0.1, -0.05) is 28.5 Å². The molecule has 7 aliphatic heterocycles. The Balaban J connectivity index is 0.654. The lowest BCUT2D eigenvalue weighted by Crippen LogP contribution is -2.66. The zero-order valence-electron chi connectivity index (χ0n) is 72.3. The van der Waals surface area contributed by atoms with E-state index in [0.29, 0.717) is 62.4 Å². The van der Waals surface area contributed by atoms with E-state index >= 15 is 0 Å². The number of ketones is 1. The van der Waals surface area contributed by atoms with Crippen molar-refractivity contribution in [3.05, 3.63) is 46.8 Å². The number of rotatable bonds is 68. The molecule has 716 valence electrons. The highest BCUT2D eigenvalue weighted by atomic mass is 16.8. The number of aromatic nitrogens is 9. The molecule has 0 radical (unpaired) electrons. The summed E-state index contributed by atoms with van der Waals surface area (Å²) in [5, 5.41) is 101. The number of hydrogen-bond acceptors (Lipinski definition) is 41. The fourth-order valence-electron chi connectivity index (χ4n) is 14.7. The van der Waals surface area contributed by atoms with Crippen molar-refractivity contribution in [3.8, 4) is 0 Å². The Labute approximate surface area is 732 Å². The third-order valence-electron chi connectivity index (χ3n) is 21.5. The van der Waals surface area contributed by atoms with Gasteiger partial charge < -0.3 is 156 Å². The van der Waals surface area contributed by atoms with Gasteiger partial charge in [-0.15, -0.1) is 15.3 Å². The Bertz CT molecular complexity index is 3580. The first-order valence-corrected chi connectivity index (χ1v) is 42.8. The number of aliphatic hydroxyl groups is 6. The number of carbonyl (C=O) groups excluding carboxylic acids is 7. The Morgan fingerprint density at radius 1 is 0.417 bits per heavy atom. The van der Waals surface area contributed by atoms with Crippen molar-refractivity contribution >= 4 is 41.4 Å². The van der Waals surface area contributed by atoms with Crippen molar-refractivity contribution in [1.29, 1.82) is 0 Å². The van der Waals surface area contributed by atoms with E-state index in [1.807, 2.05) is 0 Å². The highest BCUT2D eigenvalue weighted by Crippen LogP contribution is 2.40. The van der Waals surface area contributed by atoms with Crippen LogP contribution in [0.25, 0.3) is 0 Å². The number of cyclic esters (lactones) is 2. The molecule has 15 atom stereocenters. The zero-order valence-corrected chi connectivity index (χ0v) is 72.3. The van der Waals surface area contributed by atoms with Gasteiger partial charge in [0.15, 0.2) is 18.9 Å². The SMILES string of the molecule is CC(=O)N[C@H]1[C@H]2OC[C@](COCCOCCOCCOCCn3cc(COCC(COCc4cn(CCOCCOCCOCCOC[C@@]56CO[C@@H](O5)[C@H](NC(C)=O)[C@@H](O)[C@H]6O)nn4)(COCc4cn(CCOCCOCCOCCOC[C@@]56CO[C@@H](O5)[C@H](NC(C)=O)[C@@H](O)[C@H]6O)nn4)NC(=O)CCCCCCC(=O)CCC4=C(C)C(=O)OC4=O)nn3)(O2)[C@H](O)[C@@H]1O. The zero-order chi connectivity index (χ0) is 90.4. The molecule has 48 heteroatoms. The third-order valence-corrected chi connectivity index (χ3v) is 21.5. The number of hydrogen-bond donors (Lipinski definition) is 10. The molecule has 0 saturated carbocycles. The first kappa shape index (κ1) is 102. The Kier molecular flexibility index (Phi) is 42.3. The summed E-state index contributed by atoms with van der Waals surface area (Å²) in [6.07, 6.45) is -2.78. The lowest BCUT2D eigenvalue weighted by atomic mass is 9.88. The molecule has 127 heavy (non-hydrogen) atoms. The molecule has 0 aromatic carbocycles. The van der Waals surface area contributed by atoms with Crippen LogP contribution in [0.4, 0.5) is 0 Å². The average Bonchev–Trinajstić information content (AvgIpc) is 1.63. The molecule has 4 amide bonds. The number of unbranched alkanes of at least 4 members (excludes halogenated alkanes) is 3. The number of carbonyl (C=O) groups is 7. The largest absolute Gasteiger partial charge is 0.388 e. The normalized spacial score (nSPS) is 26.1. The molecule has 0 spiro atoms. The number of nitrogens with one attached hydrogen (secondary N) is 4. The second-order valence-corrected chi connectivity index (χ2v) is 31.7. The van der Waals surface area contributed by atoms with Gasteiger partial charge in [0, 0.05) is 51.2 Å². The van der Waals surface area contributed by atoms with E-state index < -0.39 is 126 Å². The van der Waals surface area contributed by atoms with Gasteiger partial charge in [-0.3, -0.25) is 24.0 Å². The number of ether oxygens (including phenoxy) is 22. The Hall–Kier alpha value is -7.23. The molecule has 7 aliphatic rings. The maximum atomic E-state index is 14.2. The number of esters is 2. The molecule has 0 unspecified atom stereocenters. The summed E-state index contributed by atoms with van der Waals surface area (Å²) in [5.74, 6) is -3.01. The fraction of sp³-hybridized carbons (Fsp3) is 0.810. The monoisotopic (exact) mass is 1820 g/mol. The van der Waals surface area contributed by atoms with E-state index in [1.54, 1.807) is 32.6 Å². The number of fused-ring (bicyclic) bond motifs is 6. The predicted octanol–water partition coefficient (Wildman–Crippen LogP) is -5.39. The number of nitrogens with zero attached hydrogens (tertiary/aromatic N) is 9. The van der Waals surface area contributed by atoms with Crippen LogP contribution in [0.1, 0.15) is 96.1 Å². The van der Waals surface area contributed by atoms with Crippen LogP contribution < -0.4 is 21.3 Å². The van der Waals surface area contributed by atoms with Crippen molar-refractivity contribution in [1.82, 2.24) is 66.2 Å². The molecular formula is C79H125N13O35. The van der Waals surface area contributed by atoms with Crippen molar-refractivity contribution in [2.75, 3.05) is 198 Å². The van der Waals surface area contributed by atoms with Crippen LogP contribution in [0.2, 0.25) is 0 Å². The molecule has 6 fully saturated rings. The summed E-state index contributed by atoms with van der Waals surface area (Å²) in [6, 6.07) is -2.75. The van der Waals surface area contributed by atoms with Gasteiger partial charge in [0.05, 0.1) is 256 Å². The second kappa shape index (κ2) is 52.7. The minimum Gasteiger partial charge on any atom is -0.388 e. The first-order valence-electron chi connectivity index (χ1n) is 42.8. The van der Waals surface area contributed by atoms with Gasteiger partial charge in [-0.2, -0.15) is 0 Å². The van der Waals surface area contributed by atoms with Gasteiger partial charge in [0.2, 0.25) is 23.6 Å². The quantitative estimate of drug-likeness (QED) is 0.0143. The highest BCUT2D eigenvalue weighted by molar-refractivity contribution is 6.12. The highest BCUT2D eigenvalue weighted by Gasteiger charge is 2.62. The summed E-state index contributed by atoms with van der Waals surface area (Å²) >= 11 is 0. The lowest BCUT2D eigenvalue weighted by molar-refractivity contribution is -0.238. The molecule has 3 aromatic heterocycles. The van der Waals surface area contributed by atoms with E-state index in [9.17, 15) is 64.2 Å². The Morgan fingerprint density at radius 3 is 1.03 bits per heavy atom. The van der Waals surface area contributed by atoms with Crippen LogP contribution in [0, 0.1) is 0 Å². The molecule has 3 aromatic rings. The van der Waals surface area contributed by atoms with E-state index in [4.69, 9.17) is 99.5 Å². The third kappa shape index (κ3) is 31.8. The van der Waals surface area contributed by atoms with Crippen LogP contribution in [0.15, 0.2) is 29.7 Å². The second-order valence-electron chi connectivity index (χ2n) is 31.7. The van der Waals surface area contributed by atoms with Crippen molar-refractivity contribution in [2.24, 2.45) is 0 Å². The van der Waals surface area contributed by atoms with Crippen LogP contribution >= 0.6 is 0 Å². The number of amides is 4. The van der Waals surface area contributed by atoms with Crippen molar-refractivity contribution < 1.29 is 168 Å². The first-order chi connectivity index (χ1) is 61.4. The van der Waals surface area contributed by atoms with E-state index in [0.717, 1.165) is 0 Å². The molecule has 6 saturated heterocycles. The average molecular weight is 1820 g/mol. The van der Waals surface area contributed by atoms with Gasteiger partial charge in [-0.25, -0.2) is 23.6 Å². The molecular weight excluding hydrogens is 1690 g/mol. The van der Waals surface area contributed by atoms with E-state index in [1.165, 1.54) is 27.7 Å². The number of aliphatic hydroxyl groups excluding tert-OH is 6. The smallest absolute Gasteiger partial charge is 0.342 e. The van der Waals surface area contributed by atoms with E-state index in [-0.39, 0.29) is 267 Å². The van der Waals surface area contributed by atoms with E-state index in [2.05, 4.69) is 56.9 Å². The summed E-state index contributed by atoms with van der Waals surface area (Å²) in [7, 11) is 0. The topological polar surface area (TPSA) is 584 Å². The van der Waals surface area contributed by atoms with Crippen molar-refractivity contribution in [3.63, 3.8) is 0 Å². The minimum atomic E-state index is -1.35. The van der Waals surface area contributed by atoms with Gasteiger partial charge in [-0.05, 0) is 26.2 Å². The number of Topliss-reactive ketones (excluding diaryl/α,β-unsaturated/α-hetero) is 1. The minimum absolute atomic E-state index is 0.0233. The maximum Gasteiger partial charge on any atom is 0.342 e. The Morgan fingerprint density at radius 2 is 0.724 bits per heavy atom. The summed E-state index contributed by atoms with van der Waals surface area (Å²) in [6.45, 7) is 11.0. The molecule has 10 heterocycles. The summed E-state index contributed by atoms with van der Waals surface area (Å²) in [5.41, 5.74) is -3.35.